The van der Waals surface area contributed by atoms with Gasteiger partial charge in [-0.3, -0.25) is 4.79 Å². The third-order valence-electron chi connectivity index (χ3n) is 5.11. The van der Waals surface area contributed by atoms with Gasteiger partial charge in [-0.05, 0) is 43.9 Å². The molecule has 2 aliphatic rings. The Kier molecular flexibility index (Phi) is 5.35. The Bertz CT molecular complexity index is 783. The topological polar surface area (TPSA) is 45.2 Å². The molecule has 1 aromatic carbocycles. The molecule has 4 nitrogen and oxygen atoms in total. The third-order valence-corrected chi connectivity index (χ3v) is 6.01. The molecule has 0 atom stereocenters. The van der Waals surface area contributed by atoms with Crippen LogP contribution in [0.25, 0.3) is 11.3 Å². The Morgan fingerprint density at radius 1 is 1.32 bits per heavy atom. The number of hydrogen-bond donors (Lipinski definition) is 1. The second-order valence-corrected chi connectivity index (χ2v) is 8.02. The number of aryl methyl sites for hydroxylation is 1. The van der Waals surface area contributed by atoms with Gasteiger partial charge in [0.1, 0.15) is 0 Å². The first-order valence-electron chi connectivity index (χ1n) is 8.77. The van der Waals surface area contributed by atoms with E-state index < -0.39 is 0 Å². The van der Waals surface area contributed by atoms with E-state index in [-0.39, 0.29) is 18.3 Å². The van der Waals surface area contributed by atoms with Crippen LogP contribution in [0.5, 0.6) is 0 Å². The molecule has 1 amide bonds. The molecule has 0 saturated heterocycles. The molecule has 1 aromatic heterocycles. The Labute approximate surface area is 159 Å². The fourth-order valence-electron chi connectivity index (χ4n) is 3.85. The largest absolute Gasteiger partial charge is 0.359 e. The Hall–Kier alpha value is -1.59. The molecule has 25 heavy (non-hydrogen) atoms. The maximum absolute atomic E-state index is 11.7. The van der Waals surface area contributed by atoms with Crippen molar-refractivity contribution in [1.82, 2.24) is 4.98 Å². The van der Waals surface area contributed by atoms with Crippen LogP contribution in [0.15, 0.2) is 18.2 Å². The number of anilines is 2. The van der Waals surface area contributed by atoms with Gasteiger partial charge in [-0.15, -0.1) is 23.7 Å². The highest BCUT2D eigenvalue weighted by atomic mass is 35.5. The van der Waals surface area contributed by atoms with Crippen LogP contribution in [-0.4, -0.2) is 23.5 Å². The minimum absolute atomic E-state index is 0. The van der Waals surface area contributed by atoms with Crippen LogP contribution in [0.1, 0.15) is 43.0 Å². The number of fused-ring (bicyclic) bond motifs is 1. The van der Waals surface area contributed by atoms with Crippen molar-refractivity contribution in [2.75, 3.05) is 16.8 Å². The Morgan fingerprint density at radius 3 is 2.80 bits per heavy atom. The molecule has 1 aliphatic heterocycles. The number of amides is 1. The molecule has 0 bridgehead atoms. The van der Waals surface area contributed by atoms with Crippen LogP contribution >= 0.6 is 23.7 Å². The first-order chi connectivity index (χ1) is 11.6. The van der Waals surface area contributed by atoms with Crippen LogP contribution in [0, 0.1) is 6.92 Å². The molecular weight excluding hydrogens is 354 g/mol. The molecule has 0 spiro atoms. The molecule has 1 aliphatic carbocycles. The number of rotatable bonds is 3. The summed E-state index contributed by atoms with van der Waals surface area (Å²) >= 11 is 1.75. The maximum Gasteiger partial charge on any atom is 0.223 e. The van der Waals surface area contributed by atoms with Gasteiger partial charge in [0.05, 0.1) is 5.69 Å². The lowest BCUT2D eigenvalue weighted by Crippen LogP contribution is -2.25. The van der Waals surface area contributed by atoms with Gasteiger partial charge in [0, 0.05) is 35.6 Å². The van der Waals surface area contributed by atoms with Gasteiger partial charge < -0.3 is 10.2 Å². The van der Waals surface area contributed by atoms with Crippen molar-refractivity contribution in [3.63, 3.8) is 0 Å². The predicted octanol–water partition coefficient (Wildman–Crippen LogP) is 4.80. The van der Waals surface area contributed by atoms with Crippen LogP contribution in [-0.2, 0) is 11.2 Å². The minimum Gasteiger partial charge on any atom is -0.359 e. The summed E-state index contributed by atoms with van der Waals surface area (Å²) < 4.78 is 0. The summed E-state index contributed by atoms with van der Waals surface area (Å²) in [6.07, 6.45) is 6.10. The zero-order chi connectivity index (χ0) is 16.7. The van der Waals surface area contributed by atoms with Crippen molar-refractivity contribution in [2.45, 2.75) is 52.0 Å². The molecule has 134 valence electrons. The van der Waals surface area contributed by atoms with E-state index in [1.165, 1.54) is 36.1 Å². The lowest BCUT2D eigenvalue weighted by atomic mass is 10.1. The van der Waals surface area contributed by atoms with Gasteiger partial charge in [-0.1, -0.05) is 18.9 Å². The van der Waals surface area contributed by atoms with Gasteiger partial charge >= 0.3 is 0 Å². The van der Waals surface area contributed by atoms with Crippen LogP contribution in [0.4, 0.5) is 10.8 Å². The highest BCUT2D eigenvalue weighted by Crippen LogP contribution is 2.36. The van der Waals surface area contributed by atoms with Crippen LogP contribution < -0.4 is 10.2 Å². The molecule has 2 heterocycles. The highest BCUT2D eigenvalue weighted by Gasteiger charge is 2.23. The number of carbonyl (C=O) groups excluding carboxylic acids is 1. The standard InChI is InChI=1S/C19H23N3OS.ClH/c1-12-18(21-19(24-12)20-16-5-3-4-6-16)15-7-8-17-14(11-15)9-10-22(17)13(2)23;/h7-8,11,16H,3-6,9-10H2,1-2H3,(H,20,21);1H. The first-order valence-corrected chi connectivity index (χ1v) is 9.59. The minimum atomic E-state index is 0. The van der Waals surface area contributed by atoms with E-state index in [1.54, 1.807) is 18.3 Å². The molecule has 1 saturated carbocycles. The quantitative estimate of drug-likeness (QED) is 0.835. The zero-order valence-electron chi connectivity index (χ0n) is 14.7. The van der Waals surface area contributed by atoms with Crippen molar-refractivity contribution >= 4 is 40.5 Å². The van der Waals surface area contributed by atoms with E-state index in [0.29, 0.717) is 6.04 Å². The number of nitrogens with one attached hydrogen (secondary N) is 1. The molecule has 0 unspecified atom stereocenters. The molecular formula is C19H24ClN3OS. The average molecular weight is 378 g/mol. The van der Waals surface area contributed by atoms with Crippen molar-refractivity contribution < 1.29 is 4.79 Å². The summed E-state index contributed by atoms with van der Waals surface area (Å²) in [4.78, 5) is 19.7. The maximum atomic E-state index is 11.7. The van der Waals surface area contributed by atoms with E-state index in [2.05, 4.69) is 30.4 Å². The van der Waals surface area contributed by atoms with Gasteiger partial charge in [-0.25, -0.2) is 4.98 Å². The van der Waals surface area contributed by atoms with E-state index in [1.807, 2.05) is 4.90 Å². The molecule has 2 aromatic rings. The number of benzene rings is 1. The van der Waals surface area contributed by atoms with Gasteiger partial charge in [0.2, 0.25) is 5.91 Å². The molecule has 6 heteroatoms. The van der Waals surface area contributed by atoms with Crippen molar-refractivity contribution in [3.05, 3.63) is 28.6 Å². The van der Waals surface area contributed by atoms with Gasteiger partial charge in [0.15, 0.2) is 5.13 Å². The van der Waals surface area contributed by atoms with E-state index >= 15 is 0 Å². The normalized spacial score (nSPS) is 16.6. The van der Waals surface area contributed by atoms with E-state index in [4.69, 9.17) is 4.98 Å². The second-order valence-electron chi connectivity index (χ2n) is 6.81. The van der Waals surface area contributed by atoms with Gasteiger partial charge in [0.25, 0.3) is 0 Å². The molecule has 0 radical (unpaired) electrons. The van der Waals surface area contributed by atoms with Crippen molar-refractivity contribution in [3.8, 4) is 11.3 Å². The summed E-state index contributed by atoms with van der Waals surface area (Å²) in [6.45, 7) is 4.56. The molecule has 4 rings (SSSR count). The molecule has 1 N–H and O–H groups in total. The highest BCUT2D eigenvalue weighted by molar-refractivity contribution is 7.16. The number of thiazole rings is 1. The first kappa shape index (κ1) is 18.2. The second kappa shape index (κ2) is 7.34. The number of nitrogens with zero attached hydrogens (tertiary/aromatic N) is 2. The Morgan fingerprint density at radius 2 is 2.08 bits per heavy atom. The lowest BCUT2D eigenvalue weighted by Gasteiger charge is -2.14. The number of hydrogen-bond acceptors (Lipinski definition) is 4. The number of halogens is 1. The van der Waals surface area contributed by atoms with Crippen molar-refractivity contribution in [1.29, 1.82) is 0 Å². The van der Waals surface area contributed by atoms with E-state index in [0.717, 1.165) is 35.0 Å². The average Bonchev–Trinajstić information content (AvgIpc) is 3.26. The zero-order valence-corrected chi connectivity index (χ0v) is 16.3. The predicted molar refractivity (Wildman–Crippen MR) is 107 cm³/mol. The van der Waals surface area contributed by atoms with Gasteiger partial charge in [-0.2, -0.15) is 0 Å². The lowest BCUT2D eigenvalue weighted by molar-refractivity contribution is -0.116. The number of carbonyl (C=O) groups is 1. The van der Waals surface area contributed by atoms with Crippen molar-refractivity contribution in [2.24, 2.45) is 0 Å². The fraction of sp³-hybridized carbons (Fsp3) is 0.474. The fourth-order valence-corrected chi connectivity index (χ4v) is 4.76. The Balaban J connectivity index is 0.00000182. The summed E-state index contributed by atoms with van der Waals surface area (Å²) in [5, 5.41) is 4.64. The monoisotopic (exact) mass is 377 g/mol. The van der Waals surface area contributed by atoms with Crippen LogP contribution in [0.3, 0.4) is 0 Å². The summed E-state index contributed by atoms with van der Waals surface area (Å²) in [5.41, 5.74) is 4.54. The van der Waals surface area contributed by atoms with E-state index in [9.17, 15) is 4.79 Å². The summed E-state index contributed by atoms with van der Waals surface area (Å²) in [6, 6.07) is 6.97. The molecule has 1 fully saturated rings. The third kappa shape index (κ3) is 3.53. The smallest absolute Gasteiger partial charge is 0.223 e. The number of aromatic nitrogens is 1. The van der Waals surface area contributed by atoms with Crippen LogP contribution in [0.2, 0.25) is 0 Å². The summed E-state index contributed by atoms with van der Waals surface area (Å²) in [5.74, 6) is 0.120. The summed E-state index contributed by atoms with van der Waals surface area (Å²) in [7, 11) is 0. The SMILES string of the molecule is CC(=O)N1CCc2cc(-c3nc(NC4CCCC4)sc3C)ccc21.Cl.